The van der Waals surface area contributed by atoms with Crippen molar-refractivity contribution in [1.82, 2.24) is 9.97 Å². The third-order valence-electron chi connectivity index (χ3n) is 4.23. The van der Waals surface area contributed by atoms with Gasteiger partial charge in [-0.3, -0.25) is 0 Å². The second-order valence-corrected chi connectivity index (χ2v) is 6.47. The Morgan fingerprint density at radius 3 is 2.47 bits per heavy atom. The Kier molecular flexibility index (Phi) is 5.94. The third kappa shape index (κ3) is 4.78. The van der Waals surface area contributed by atoms with Crippen LogP contribution in [0.15, 0.2) is 84.0 Å². The minimum atomic E-state index is -0.524. The van der Waals surface area contributed by atoms with Gasteiger partial charge in [0.25, 0.3) is 0 Å². The molecule has 1 aromatic heterocycles. The summed E-state index contributed by atoms with van der Waals surface area (Å²) in [6.45, 7) is 0.347. The fourth-order valence-electron chi connectivity index (χ4n) is 2.78. The number of hydrogen-bond acceptors (Lipinski definition) is 5. The first-order valence-electron chi connectivity index (χ1n) is 9.09. The molecule has 4 rings (SSSR count). The second kappa shape index (κ2) is 9.13. The molecule has 0 atom stereocenters. The molecule has 0 aliphatic carbocycles. The lowest BCUT2D eigenvalue weighted by molar-refractivity contribution is 0.297. The maximum absolute atomic E-state index is 13.9. The quantitative estimate of drug-likeness (QED) is 0.282. The molecule has 0 radical (unpaired) electrons. The minimum Gasteiger partial charge on any atom is -0.486 e. The van der Waals surface area contributed by atoms with Crippen LogP contribution in [0.2, 0.25) is 0 Å². The molecule has 0 aliphatic heterocycles. The van der Waals surface area contributed by atoms with Crippen molar-refractivity contribution >= 4 is 23.1 Å². The van der Waals surface area contributed by atoms with Gasteiger partial charge in [0, 0.05) is 6.07 Å². The van der Waals surface area contributed by atoms with E-state index in [0.29, 0.717) is 18.1 Å². The molecule has 0 spiro atoms. The highest BCUT2D eigenvalue weighted by Crippen LogP contribution is 2.28. The van der Waals surface area contributed by atoms with Crippen LogP contribution in [0.1, 0.15) is 5.82 Å². The van der Waals surface area contributed by atoms with Crippen molar-refractivity contribution in [2.45, 2.75) is 6.61 Å². The van der Waals surface area contributed by atoms with E-state index in [1.54, 1.807) is 24.4 Å². The van der Waals surface area contributed by atoms with Gasteiger partial charge >= 0.3 is 0 Å². The van der Waals surface area contributed by atoms with Crippen LogP contribution in [-0.4, -0.2) is 15.1 Å². The van der Waals surface area contributed by atoms with Crippen molar-refractivity contribution in [2.24, 2.45) is 4.99 Å². The van der Waals surface area contributed by atoms with Crippen molar-refractivity contribution in [3.8, 4) is 28.5 Å². The lowest BCUT2D eigenvalue weighted by atomic mass is 10.1. The molecule has 0 bridgehead atoms. The molecule has 1 heterocycles. The third-order valence-corrected chi connectivity index (χ3v) is 4.32. The monoisotopic (exact) mass is 417 g/mol. The molecule has 148 valence electrons. The minimum absolute atomic E-state index is 0.124. The summed E-state index contributed by atoms with van der Waals surface area (Å²) in [6.07, 6.45) is 1.75. The smallest absolute Gasteiger partial charge is 0.153 e. The lowest BCUT2D eigenvalue weighted by Gasteiger charge is -2.07. The summed E-state index contributed by atoms with van der Waals surface area (Å²) in [5.41, 5.74) is 1.93. The Hall–Kier alpha value is -3.80. The zero-order chi connectivity index (χ0) is 20.8. The summed E-state index contributed by atoms with van der Waals surface area (Å²) in [6, 6.07) is 21.3. The molecule has 7 heteroatoms. The first kappa shape index (κ1) is 19.5. The number of ether oxygens (including phenoxy) is 2. The number of para-hydroxylation sites is 1. The number of imidazole rings is 1. The number of nitrogens with one attached hydrogen (secondary N) is 1. The highest BCUT2D eigenvalue weighted by Gasteiger charge is 2.07. The van der Waals surface area contributed by atoms with Gasteiger partial charge < -0.3 is 14.5 Å². The maximum Gasteiger partial charge on any atom is 0.153 e. The Balaban J connectivity index is 1.40. The van der Waals surface area contributed by atoms with E-state index in [1.165, 1.54) is 12.1 Å². The fraction of sp³-hybridized carbons (Fsp3) is 0.0435. The number of aliphatic imine (C=N–C) groups is 1. The predicted molar refractivity (Wildman–Crippen MR) is 116 cm³/mol. The van der Waals surface area contributed by atoms with E-state index in [1.807, 2.05) is 42.5 Å². The highest BCUT2D eigenvalue weighted by atomic mass is 32.1. The number of aromatic nitrogens is 2. The molecule has 0 aliphatic rings. The summed E-state index contributed by atoms with van der Waals surface area (Å²) < 4.78 is 25.3. The van der Waals surface area contributed by atoms with Crippen molar-refractivity contribution in [2.75, 3.05) is 0 Å². The average Bonchev–Trinajstić information content (AvgIpc) is 3.25. The first-order valence-corrected chi connectivity index (χ1v) is 9.49. The SMILES string of the molecule is Fc1cc(Oc2ccc(-c3cnc(COc4ccccc4)[nH]3)cc2)ccc1N=C=S. The number of benzene rings is 3. The Morgan fingerprint density at radius 2 is 1.73 bits per heavy atom. The summed E-state index contributed by atoms with van der Waals surface area (Å²) in [5.74, 6) is 1.94. The van der Waals surface area contributed by atoms with Crippen molar-refractivity contribution in [3.05, 3.63) is 90.6 Å². The fourth-order valence-corrected chi connectivity index (χ4v) is 2.88. The van der Waals surface area contributed by atoms with Crippen molar-refractivity contribution in [1.29, 1.82) is 0 Å². The topological polar surface area (TPSA) is 59.5 Å². The zero-order valence-corrected chi connectivity index (χ0v) is 16.5. The predicted octanol–water partition coefficient (Wildman–Crippen LogP) is 6.32. The van der Waals surface area contributed by atoms with Crippen LogP contribution in [0, 0.1) is 5.82 Å². The standard InChI is InChI=1S/C23H16FN3O2S/c24-20-12-19(10-11-21(20)26-15-30)29-18-8-6-16(7-9-18)22-13-25-23(27-22)14-28-17-4-2-1-3-5-17/h1-13H,14H2,(H,25,27). The Labute approximate surface area is 177 Å². The van der Waals surface area contributed by atoms with E-state index in [-0.39, 0.29) is 5.69 Å². The average molecular weight is 417 g/mol. The molecule has 3 aromatic carbocycles. The number of H-pyrrole nitrogens is 1. The molecular weight excluding hydrogens is 401 g/mol. The van der Waals surface area contributed by atoms with E-state index in [4.69, 9.17) is 9.47 Å². The van der Waals surface area contributed by atoms with Crippen LogP contribution in [0.25, 0.3) is 11.3 Å². The lowest BCUT2D eigenvalue weighted by Crippen LogP contribution is -1.97. The van der Waals surface area contributed by atoms with Crippen LogP contribution in [0.3, 0.4) is 0 Å². The van der Waals surface area contributed by atoms with Gasteiger partial charge in [-0.05, 0) is 66.3 Å². The number of hydrogen-bond donors (Lipinski definition) is 1. The van der Waals surface area contributed by atoms with Gasteiger partial charge in [0.2, 0.25) is 0 Å². The molecule has 1 N–H and O–H groups in total. The number of aromatic amines is 1. The van der Waals surface area contributed by atoms with Crippen LogP contribution in [-0.2, 0) is 6.61 Å². The van der Waals surface area contributed by atoms with E-state index >= 15 is 0 Å². The molecule has 5 nitrogen and oxygen atoms in total. The largest absolute Gasteiger partial charge is 0.486 e. The summed E-state index contributed by atoms with van der Waals surface area (Å²) >= 11 is 4.49. The molecule has 4 aromatic rings. The van der Waals surface area contributed by atoms with E-state index in [2.05, 4.69) is 32.3 Å². The number of thiocarbonyl (C=S) groups is 1. The zero-order valence-electron chi connectivity index (χ0n) is 15.7. The van der Waals surface area contributed by atoms with Gasteiger partial charge in [0.1, 0.15) is 35.4 Å². The molecule has 0 amide bonds. The van der Waals surface area contributed by atoms with Gasteiger partial charge in [0.05, 0.1) is 17.1 Å². The number of halogens is 1. The normalized spacial score (nSPS) is 10.3. The van der Waals surface area contributed by atoms with E-state index < -0.39 is 5.82 Å². The van der Waals surface area contributed by atoms with Crippen LogP contribution >= 0.6 is 12.2 Å². The molecule has 0 saturated carbocycles. The van der Waals surface area contributed by atoms with Gasteiger partial charge in [-0.2, -0.15) is 4.99 Å². The number of nitrogens with zero attached hydrogens (tertiary/aromatic N) is 2. The summed E-state index contributed by atoms with van der Waals surface area (Å²) in [4.78, 5) is 11.2. The van der Waals surface area contributed by atoms with Crippen LogP contribution in [0.4, 0.5) is 10.1 Å². The number of rotatable bonds is 7. The van der Waals surface area contributed by atoms with Crippen molar-refractivity contribution in [3.63, 3.8) is 0 Å². The van der Waals surface area contributed by atoms with E-state index in [9.17, 15) is 4.39 Å². The van der Waals surface area contributed by atoms with Crippen LogP contribution in [0.5, 0.6) is 17.2 Å². The Bertz CT molecular complexity index is 1190. The Morgan fingerprint density at radius 1 is 0.967 bits per heavy atom. The maximum atomic E-state index is 13.9. The van der Waals surface area contributed by atoms with E-state index in [0.717, 1.165) is 22.8 Å². The van der Waals surface area contributed by atoms with Gasteiger partial charge in [-0.1, -0.05) is 18.2 Å². The van der Waals surface area contributed by atoms with Crippen LogP contribution < -0.4 is 9.47 Å². The molecular formula is C23H16FN3O2S. The molecule has 0 saturated heterocycles. The molecule has 30 heavy (non-hydrogen) atoms. The summed E-state index contributed by atoms with van der Waals surface area (Å²) in [5, 5.41) is 2.15. The van der Waals surface area contributed by atoms with Gasteiger partial charge in [-0.15, -0.1) is 0 Å². The highest BCUT2D eigenvalue weighted by molar-refractivity contribution is 7.78. The van der Waals surface area contributed by atoms with Gasteiger partial charge in [0.15, 0.2) is 5.82 Å². The number of isothiocyanates is 1. The van der Waals surface area contributed by atoms with Gasteiger partial charge in [-0.25, -0.2) is 9.37 Å². The van der Waals surface area contributed by atoms with Crippen molar-refractivity contribution < 1.29 is 13.9 Å². The molecule has 0 unspecified atom stereocenters. The first-order chi connectivity index (χ1) is 14.7. The summed E-state index contributed by atoms with van der Waals surface area (Å²) in [7, 11) is 0. The second-order valence-electron chi connectivity index (χ2n) is 6.29. The molecule has 0 fully saturated rings.